The van der Waals surface area contributed by atoms with Crippen LogP contribution in [0.25, 0.3) is 0 Å². The zero-order valence-corrected chi connectivity index (χ0v) is 10.5. The van der Waals surface area contributed by atoms with Crippen molar-refractivity contribution in [2.75, 3.05) is 5.88 Å². The summed E-state index contributed by atoms with van der Waals surface area (Å²) >= 11 is 5.54. The van der Waals surface area contributed by atoms with Crippen LogP contribution in [0.3, 0.4) is 0 Å². The molecule has 0 aliphatic heterocycles. The van der Waals surface area contributed by atoms with Crippen LogP contribution in [0.5, 0.6) is 0 Å². The van der Waals surface area contributed by atoms with E-state index in [1.54, 1.807) is 0 Å². The Kier molecular flexibility index (Phi) is 2.53. The third-order valence-corrected chi connectivity index (χ3v) is 5.49. The number of hydrogen-bond donors (Lipinski definition) is 1. The van der Waals surface area contributed by atoms with Gasteiger partial charge in [0.15, 0.2) is 0 Å². The number of carbonyl (C=O) groups is 1. The molecule has 2 bridgehead atoms. The van der Waals surface area contributed by atoms with Gasteiger partial charge in [-0.25, -0.2) is 0 Å². The van der Waals surface area contributed by atoms with Crippen LogP contribution in [0.1, 0.15) is 40.0 Å². The first-order valence-electron chi connectivity index (χ1n) is 5.77. The highest BCUT2D eigenvalue weighted by molar-refractivity contribution is 6.27. The molecule has 0 unspecified atom stereocenters. The van der Waals surface area contributed by atoms with Crippen LogP contribution in [0.15, 0.2) is 0 Å². The Morgan fingerprint density at radius 2 is 2.13 bits per heavy atom. The summed E-state index contributed by atoms with van der Waals surface area (Å²) in [6, 6.07) is 0.331. The summed E-state index contributed by atoms with van der Waals surface area (Å²) < 4.78 is 0. The first-order valence-corrected chi connectivity index (χ1v) is 6.30. The molecule has 0 heterocycles. The van der Waals surface area contributed by atoms with Gasteiger partial charge in [-0.1, -0.05) is 20.8 Å². The Balaban J connectivity index is 2.15. The van der Waals surface area contributed by atoms with Crippen molar-refractivity contribution in [3.8, 4) is 0 Å². The summed E-state index contributed by atoms with van der Waals surface area (Å²) in [5.74, 6) is 0.826. The highest BCUT2D eigenvalue weighted by Crippen LogP contribution is 2.65. The Bertz CT molecular complexity index is 289. The standard InChI is InChI=1S/C12H20ClNO/c1-11(2)8-4-5-12(11,3)9(6-8)14-10(15)7-13/h8-9H,4-7H2,1-3H3,(H,14,15)/t8-,9-,12+/m1/s1. The molecule has 15 heavy (non-hydrogen) atoms. The molecule has 2 fully saturated rings. The normalized spacial score (nSPS) is 41.9. The number of carbonyl (C=O) groups excluding carboxylic acids is 1. The second-order valence-electron chi connectivity index (χ2n) is 5.86. The minimum Gasteiger partial charge on any atom is -0.352 e. The zero-order chi connectivity index (χ0) is 11.3. The lowest BCUT2D eigenvalue weighted by Gasteiger charge is -2.39. The molecule has 3 heteroatoms. The van der Waals surface area contributed by atoms with E-state index in [1.807, 2.05) is 0 Å². The first-order chi connectivity index (χ1) is 6.91. The van der Waals surface area contributed by atoms with Gasteiger partial charge in [-0.15, -0.1) is 11.6 Å². The number of hydrogen-bond acceptors (Lipinski definition) is 1. The monoisotopic (exact) mass is 229 g/mol. The lowest BCUT2D eigenvalue weighted by molar-refractivity contribution is -0.120. The van der Waals surface area contributed by atoms with Gasteiger partial charge in [-0.2, -0.15) is 0 Å². The molecule has 0 aromatic heterocycles. The summed E-state index contributed by atoms with van der Waals surface area (Å²) in [6.45, 7) is 7.01. The average Bonchev–Trinajstić information content (AvgIpc) is 2.50. The molecule has 3 atom stereocenters. The molecule has 0 aromatic carbocycles. The predicted molar refractivity (Wildman–Crippen MR) is 61.9 cm³/mol. The van der Waals surface area contributed by atoms with Crippen molar-refractivity contribution in [2.24, 2.45) is 16.7 Å². The molecule has 0 saturated heterocycles. The molecule has 2 saturated carbocycles. The number of rotatable bonds is 2. The molecule has 2 nitrogen and oxygen atoms in total. The molecule has 2 aliphatic carbocycles. The SMILES string of the molecule is CC1(C)[C@@H]2CC[C@@]1(C)[C@H](NC(=O)CCl)C2. The summed E-state index contributed by atoms with van der Waals surface area (Å²) in [7, 11) is 0. The maximum atomic E-state index is 11.4. The van der Waals surface area contributed by atoms with E-state index in [-0.39, 0.29) is 17.2 Å². The van der Waals surface area contributed by atoms with Crippen molar-refractivity contribution in [1.82, 2.24) is 5.32 Å². The molecule has 2 aliphatic rings. The van der Waals surface area contributed by atoms with Gasteiger partial charge in [0.05, 0.1) is 0 Å². The van der Waals surface area contributed by atoms with E-state index < -0.39 is 0 Å². The molecular weight excluding hydrogens is 210 g/mol. The summed E-state index contributed by atoms with van der Waals surface area (Å²) in [5, 5.41) is 3.09. The number of nitrogens with one attached hydrogen (secondary N) is 1. The topological polar surface area (TPSA) is 29.1 Å². The summed E-state index contributed by atoms with van der Waals surface area (Å²) in [4.78, 5) is 11.4. The van der Waals surface area contributed by atoms with Crippen molar-refractivity contribution in [3.63, 3.8) is 0 Å². The third-order valence-electron chi connectivity index (χ3n) is 5.25. The minimum atomic E-state index is -0.0220. The Labute approximate surface area is 96.8 Å². The Hall–Kier alpha value is -0.240. The van der Waals surface area contributed by atoms with Crippen LogP contribution < -0.4 is 5.32 Å². The van der Waals surface area contributed by atoms with Crippen LogP contribution in [0.2, 0.25) is 0 Å². The quantitative estimate of drug-likeness (QED) is 0.725. The molecule has 1 N–H and O–H groups in total. The van der Waals surface area contributed by atoms with Gasteiger partial charge in [-0.05, 0) is 36.0 Å². The summed E-state index contributed by atoms with van der Waals surface area (Å²) in [5.41, 5.74) is 0.622. The second-order valence-corrected chi connectivity index (χ2v) is 6.13. The van der Waals surface area contributed by atoms with Gasteiger partial charge < -0.3 is 5.32 Å². The minimum absolute atomic E-state index is 0.0220. The highest BCUT2D eigenvalue weighted by atomic mass is 35.5. The number of alkyl halides is 1. The fourth-order valence-corrected chi connectivity index (χ4v) is 3.73. The lowest BCUT2D eigenvalue weighted by atomic mass is 9.69. The van der Waals surface area contributed by atoms with Crippen LogP contribution in [0.4, 0.5) is 0 Å². The highest BCUT2D eigenvalue weighted by Gasteiger charge is 2.61. The van der Waals surface area contributed by atoms with Crippen LogP contribution in [0, 0.1) is 16.7 Å². The van der Waals surface area contributed by atoms with Crippen molar-refractivity contribution >= 4 is 17.5 Å². The fraction of sp³-hybridized carbons (Fsp3) is 0.917. The van der Waals surface area contributed by atoms with Crippen molar-refractivity contribution < 1.29 is 4.79 Å². The van der Waals surface area contributed by atoms with E-state index in [2.05, 4.69) is 26.1 Å². The van der Waals surface area contributed by atoms with Crippen molar-refractivity contribution in [3.05, 3.63) is 0 Å². The van der Waals surface area contributed by atoms with E-state index in [0.29, 0.717) is 11.5 Å². The van der Waals surface area contributed by atoms with Gasteiger partial charge in [0.1, 0.15) is 5.88 Å². The Morgan fingerprint density at radius 1 is 1.47 bits per heavy atom. The molecule has 86 valence electrons. The largest absolute Gasteiger partial charge is 0.352 e. The van der Waals surface area contributed by atoms with Gasteiger partial charge in [-0.3, -0.25) is 4.79 Å². The van der Waals surface area contributed by atoms with Gasteiger partial charge in [0, 0.05) is 6.04 Å². The molecule has 0 aromatic rings. The fourth-order valence-electron chi connectivity index (χ4n) is 3.65. The maximum absolute atomic E-state index is 11.4. The molecule has 0 spiro atoms. The zero-order valence-electron chi connectivity index (χ0n) is 9.77. The Morgan fingerprint density at radius 3 is 2.53 bits per heavy atom. The van der Waals surface area contributed by atoms with Gasteiger partial charge in [0.25, 0.3) is 0 Å². The van der Waals surface area contributed by atoms with Gasteiger partial charge in [0.2, 0.25) is 5.91 Å². The van der Waals surface area contributed by atoms with Crippen LogP contribution in [-0.2, 0) is 4.79 Å². The van der Waals surface area contributed by atoms with Crippen LogP contribution in [-0.4, -0.2) is 17.8 Å². The van der Waals surface area contributed by atoms with E-state index >= 15 is 0 Å². The molecule has 1 amide bonds. The van der Waals surface area contributed by atoms with E-state index in [4.69, 9.17) is 11.6 Å². The lowest BCUT2D eigenvalue weighted by Crippen LogP contribution is -2.47. The first kappa shape index (κ1) is 11.3. The third kappa shape index (κ3) is 1.41. The maximum Gasteiger partial charge on any atom is 0.235 e. The second kappa shape index (κ2) is 3.38. The molecule has 2 rings (SSSR count). The molecule has 0 radical (unpaired) electrons. The summed E-state index contributed by atoms with van der Waals surface area (Å²) in [6.07, 6.45) is 3.68. The van der Waals surface area contributed by atoms with E-state index in [1.165, 1.54) is 12.8 Å². The average molecular weight is 230 g/mol. The van der Waals surface area contributed by atoms with Crippen LogP contribution >= 0.6 is 11.6 Å². The smallest absolute Gasteiger partial charge is 0.235 e. The number of halogens is 1. The van der Waals surface area contributed by atoms with Crippen molar-refractivity contribution in [1.29, 1.82) is 0 Å². The van der Waals surface area contributed by atoms with E-state index in [0.717, 1.165) is 12.3 Å². The predicted octanol–water partition coefficient (Wildman–Crippen LogP) is 2.56. The molecular formula is C12H20ClNO. The van der Waals surface area contributed by atoms with Crippen molar-refractivity contribution in [2.45, 2.75) is 46.1 Å². The number of fused-ring (bicyclic) bond motifs is 2. The number of amides is 1. The van der Waals surface area contributed by atoms with Gasteiger partial charge >= 0.3 is 0 Å². The van der Waals surface area contributed by atoms with E-state index in [9.17, 15) is 4.79 Å².